The number of carbonyl (C=O) groups excluding carboxylic acids is 2. The van der Waals surface area contributed by atoms with Gasteiger partial charge in [-0.3, -0.25) is 9.59 Å². The molecule has 0 spiro atoms. The Bertz CT molecular complexity index is 1270. The number of esters is 2. The van der Waals surface area contributed by atoms with E-state index in [2.05, 4.69) is 93.7 Å². The predicted octanol–water partition coefficient (Wildman–Crippen LogP) is 21.8. The van der Waals surface area contributed by atoms with Gasteiger partial charge in [0.2, 0.25) is 0 Å². The number of ether oxygens (including phenoxy) is 3. The summed E-state index contributed by atoms with van der Waals surface area (Å²) < 4.78 is 17.5. The maximum absolute atomic E-state index is 12.9. The van der Waals surface area contributed by atoms with E-state index in [-0.39, 0.29) is 25.2 Å². The third-order valence-corrected chi connectivity index (χ3v) is 13.7. The highest BCUT2D eigenvalue weighted by Crippen LogP contribution is 2.17. The summed E-state index contributed by atoms with van der Waals surface area (Å²) in [7, 11) is 0. The molecule has 0 aromatic rings. The summed E-state index contributed by atoms with van der Waals surface area (Å²) in [5.41, 5.74) is 0. The van der Waals surface area contributed by atoms with Crippen LogP contribution in [0.25, 0.3) is 0 Å². The average Bonchev–Trinajstić information content (AvgIpc) is 3.38. The zero-order valence-electron chi connectivity index (χ0n) is 48.2. The first kappa shape index (κ1) is 69.3. The normalized spacial score (nSPS) is 12.7. The van der Waals surface area contributed by atoms with Crippen molar-refractivity contribution in [1.82, 2.24) is 0 Å². The van der Waals surface area contributed by atoms with Crippen molar-refractivity contribution in [3.63, 3.8) is 0 Å². The minimum Gasteiger partial charge on any atom is -0.462 e. The molecular weight excluding hydrogens is 885 g/mol. The fraction of sp³-hybridized carbons (Fsp3) is 0.791. The molecule has 1 atom stereocenters. The van der Waals surface area contributed by atoms with Crippen LogP contribution in [0.15, 0.2) is 72.9 Å². The van der Waals surface area contributed by atoms with Crippen LogP contribution in [0.5, 0.6) is 0 Å². The number of rotatable bonds is 58. The van der Waals surface area contributed by atoms with Crippen molar-refractivity contribution in [3.8, 4) is 0 Å². The molecular formula is C67H120O5. The molecule has 0 N–H and O–H groups in total. The Balaban J connectivity index is 4.31. The van der Waals surface area contributed by atoms with Crippen molar-refractivity contribution in [1.29, 1.82) is 0 Å². The first-order valence-electron chi connectivity index (χ1n) is 31.5. The summed E-state index contributed by atoms with van der Waals surface area (Å²) in [4.78, 5) is 25.6. The van der Waals surface area contributed by atoms with E-state index in [0.29, 0.717) is 19.4 Å². The molecule has 0 bridgehead atoms. The van der Waals surface area contributed by atoms with Crippen LogP contribution in [-0.4, -0.2) is 37.9 Å². The number of hydrogen-bond acceptors (Lipinski definition) is 5. The standard InChI is InChI=1S/C67H120O5/c1-4-7-10-13-16-19-22-25-28-31-33-35-38-41-44-47-50-53-56-59-62-70-63-65(72-67(69)61-58-55-52-49-46-43-40-36-30-27-24-21-18-15-12-9-6-3)64-71-66(68)60-57-54-51-48-45-42-39-37-34-32-29-26-23-20-17-14-11-8-5-2/h7,10,16,19,25-26,28-29,33,35,41,44,65H,4-6,8-9,11-15,17-18,20-24,27,30-32,34,36-40,42-43,45-64H2,1-3H3/b10-7-,19-16-,28-25-,29-26-,35-33-,44-41-. The van der Waals surface area contributed by atoms with E-state index in [1.165, 1.54) is 205 Å². The first-order chi connectivity index (χ1) is 35.6. The van der Waals surface area contributed by atoms with Gasteiger partial charge in [-0.2, -0.15) is 0 Å². The lowest BCUT2D eigenvalue weighted by atomic mass is 10.0. The molecule has 0 aliphatic carbocycles. The topological polar surface area (TPSA) is 61.8 Å². The maximum atomic E-state index is 12.9. The first-order valence-corrected chi connectivity index (χ1v) is 31.5. The molecule has 1 unspecified atom stereocenters. The second-order valence-corrected chi connectivity index (χ2v) is 20.9. The Kier molecular flexibility index (Phi) is 60.3. The number of carbonyl (C=O) groups is 2. The molecule has 72 heavy (non-hydrogen) atoms. The van der Waals surface area contributed by atoms with Gasteiger partial charge >= 0.3 is 11.9 Å². The Labute approximate surface area is 448 Å². The average molecular weight is 1010 g/mol. The van der Waals surface area contributed by atoms with Crippen LogP contribution in [-0.2, 0) is 23.8 Å². The molecule has 0 amide bonds. The number of allylic oxidation sites excluding steroid dienone is 12. The summed E-state index contributed by atoms with van der Waals surface area (Å²) in [5, 5.41) is 0. The Morgan fingerprint density at radius 3 is 1.01 bits per heavy atom. The van der Waals surface area contributed by atoms with Crippen LogP contribution >= 0.6 is 0 Å². The summed E-state index contributed by atoms with van der Waals surface area (Å²) in [6, 6.07) is 0. The molecule has 0 heterocycles. The van der Waals surface area contributed by atoms with Gasteiger partial charge in [-0.15, -0.1) is 0 Å². The minimum atomic E-state index is -0.552. The molecule has 418 valence electrons. The molecule has 0 saturated heterocycles. The molecule has 0 fully saturated rings. The van der Waals surface area contributed by atoms with Gasteiger partial charge in [-0.25, -0.2) is 0 Å². The van der Waals surface area contributed by atoms with Crippen molar-refractivity contribution in [2.45, 2.75) is 322 Å². The highest BCUT2D eigenvalue weighted by atomic mass is 16.6. The fourth-order valence-electron chi connectivity index (χ4n) is 9.06. The monoisotopic (exact) mass is 1000 g/mol. The van der Waals surface area contributed by atoms with Crippen LogP contribution in [0.2, 0.25) is 0 Å². The van der Waals surface area contributed by atoms with Crippen molar-refractivity contribution in [2.75, 3.05) is 19.8 Å². The molecule has 0 aliphatic heterocycles. The predicted molar refractivity (Wildman–Crippen MR) is 316 cm³/mol. The minimum absolute atomic E-state index is 0.0752. The van der Waals surface area contributed by atoms with Crippen molar-refractivity contribution < 1.29 is 23.8 Å². The lowest BCUT2D eigenvalue weighted by molar-refractivity contribution is -0.163. The Morgan fingerprint density at radius 2 is 0.625 bits per heavy atom. The van der Waals surface area contributed by atoms with E-state index in [1.807, 2.05) is 0 Å². The Morgan fingerprint density at radius 1 is 0.319 bits per heavy atom. The van der Waals surface area contributed by atoms with Gasteiger partial charge in [-0.1, -0.05) is 286 Å². The van der Waals surface area contributed by atoms with Gasteiger partial charge in [0.15, 0.2) is 6.10 Å². The largest absolute Gasteiger partial charge is 0.462 e. The van der Waals surface area contributed by atoms with Crippen LogP contribution in [0.1, 0.15) is 316 Å². The zero-order chi connectivity index (χ0) is 52.0. The molecule has 0 radical (unpaired) electrons. The molecule has 0 aliphatic rings. The fourth-order valence-corrected chi connectivity index (χ4v) is 9.06. The summed E-state index contributed by atoms with van der Waals surface area (Å²) in [6.45, 7) is 7.71. The molecule has 0 saturated carbocycles. The second kappa shape index (κ2) is 62.6. The summed E-state index contributed by atoms with van der Waals surface area (Å²) in [6.07, 6.45) is 82.2. The van der Waals surface area contributed by atoms with Gasteiger partial charge in [0.25, 0.3) is 0 Å². The maximum Gasteiger partial charge on any atom is 0.306 e. The van der Waals surface area contributed by atoms with Gasteiger partial charge < -0.3 is 14.2 Å². The SMILES string of the molecule is CC/C=C\C/C=C\C/C=C\C/C=C\C/C=C\CCCCCCOCC(COC(=O)CCCCCCCCCCC/C=C\CCCCCCCC)OC(=O)CCCCCCCCCCCCCCCCCCC. The third-order valence-electron chi connectivity index (χ3n) is 13.7. The second-order valence-electron chi connectivity index (χ2n) is 20.9. The van der Waals surface area contributed by atoms with E-state index >= 15 is 0 Å². The molecule has 5 nitrogen and oxygen atoms in total. The highest BCUT2D eigenvalue weighted by Gasteiger charge is 2.17. The van der Waals surface area contributed by atoms with Crippen molar-refractivity contribution in [2.24, 2.45) is 0 Å². The van der Waals surface area contributed by atoms with Crippen LogP contribution in [0.4, 0.5) is 0 Å². The van der Waals surface area contributed by atoms with E-state index in [4.69, 9.17) is 14.2 Å². The van der Waals surface area contributed by atoms with Gasteiger partial charge in [0.05, 0.1) is 6.61 Å². The van der Waals surface area contributed by atoms with Crippen LogP contribution in [0.3, 0.4) is 0 Å². The lowest BCUT2D eigenvalue weighted by Crippen LogP contribution is -2.30. The van der Waals surface area contributed by atoms with Crippen molar-refractivity contribution >= 4 is 11.9 Å². The molecule has 0 aromatic heterocycles. The van der Waals surface area contributed by atoms with Crippen LogP contribution in [0, 0.1) is 0 Å². The lowest BCUT2D eigenvalue weighted by Gasteiger charge is -2.18. The van der Waals surface area contributed by atoms with Crippen LogP contribution < -0.4 is 0 Å². The molecule has 0 rings (SSSR count). The number of unbranched alkanes of at least 4 members (excludes halogenated alkanes) is 35. The van der Waals surface area contributed by atoms with Gasteiger partial charge in [0, 0.05) is 19.4 Å². The molecule has 5 heteroatoms. The van der Waals surface area contributed by atoms with E-state index in [1.54, 1.807) is 0 Å². The van der Waals surface area contributed by atoms with Gasteiger partial charge in [-0.05, 0) is 89.9 Å². The molecule has 0 aromatic carbocycles. The quantitative estimate of drug-likeness (QED) is 0.0345. The van der Waals surface area contributed by atoms with Gasteiger partial charge in [0.1, 0.15) is 6.61 Å². The summed E-state index contributed by atoms with van der Waals surface area (Å²) in [5.74, 6) is -0.399. The van der Waals surface area contributed by atoms with E-state index < -0.39 is 6.10 Å². The number of hydrogen-bond donors (Lipinski definition) is 0. The van der Waals surface area contributed by atoms with E-state index in [0.717, 1.165) is 77.0 Å². The summed E-state index contributed by atoms with van der Waals surface area (Å²) >= 11 is 0. The van der Waals surface area contributed by atoms with E-state index in [9.17, 15) is 9.59 Å². The van der Waals surface area contributed by atoms with Crippen molar-refractivity contribution in [3.05, 3.63) is 72.9 Å². The highest BCUT2D eigenvalue weighted by molar-refractivity contribution is 5.70. The Hall–Kier alpha value is -2.66. The smallest absolute Gasteiger partial charge is 0.306 e. The zero-order valence-corrected chi connectivity index (χ0v) is 48.2. The third kappa shape index (κ3) is 59.9.